The van der Waals surface area contributed by atoms with Crippen LogP contribution in [0.5, 0.6) is 5.75 Å². The van der Waals surface area contributed by atoms with Crippen molar-refractivity contribution in [1.82, 2.24) is 0 Å². The van der Waals surface area contributed by atoms with Crippen LogP contribution in [0.4, 0.5) is 23.2 Å². The molecule has 0 aliphatic carbocycles. The first-order valence-corrected chi connectivity index (χ1v) is 14.5. The number of carbonyl (C=O) groups is 2. The van der Waals surface area contributed by atoms with Crippen LogP contribution in [-0.4, -0.2) is 35.7 Å². The van der Waals surface area contributed by atoms with Crippen LogP contribution in [0.3, 0.4) is 0 Å². The summed E-state index contributed by atoms with van der Waals surface area (Å²) < 4.78 is 68.3. The maximum absolute atomic E-state index is 15.6. The van der Waals surface area contributed by atoms with Gasteiger partial charge >= 0.3 is 12.1 Å². The number of halogens is 4. The van der Waals surface area contributed by atoms with E-state index < -0.39 is 41.1 Å². The van der Waals surface area contributed by atoms with Crippen molar-refractivity contribution >= 4 is 17.6 Å². The van der Waals surface area contributed by atoms with Crippen molar-refractivity contribution < 1.29 is 41.7 Å². The fraction of sp³-hybridized carbons (Fsp3) is 0.412. The second kappa shape index (κ2) is 11.2. The van der Waals surface area contributed by atoms with Gasteiger partial charge < -0.3 is 19.5 Å². The minimum absolute atomic E-state index is 0.00564. The number of aryl methyl sites for hydroxylation is 2. The minimum Gasteiger partial charge on any atom is -0.490 e. The second-order valence-electron chi connectivity index (χ2n) is 12.5. The zero-order chi connectivity index (χ0) is 32.3. The fourth-order valence-electron chi connectivity index (χ4n) is 6.27. The van der Waals surface area contributed by atoms with Crippen molar-refractivity contribution in [1.29, 1.82) is 0 Å². The molecule has 10 heteroatoms. The van der Waals surface area contributed by atoms with Crippen LogP contribution in [0, 0.1) is 26.6 Å². The molecule has 1 amide bonds. The Kier molecular flexibility index (Phi) is 8.03. The van der Waals surface area contributed by atoms with E-state index >= 15 is 4.39 Å². The summed E-state index contributed by atoms with van der Waals surface area (Å²) in [6.45, 7) is 10.6. The van der Waals surface area contributed by atoms with E-state index in [2.05, 4.69) is 0 Å². The molecule has 5 rings (SSSR count). The van der Waals surface area contributed by atoms with E-state index in [-0.39, 0.29) is 29.8 Å². The highest BCUT2D eigenvalue weighted by Crippen LogP contribution is 2.48. The number of anilines is 1. The van der Waals surface area contributed by atoms with E-state index in [9.17, 15) is 27.9 Å². The Bertz CT molecular complexity index is 1670. The maximum Gasteiger partial charge on any atom is 0.416 e. The predicted octanol–water partition coefficient (Wildman–Crippen LogP) is 7.91. The Morgan fingerprint density at radius 2 is 1.70 bits per heavy atom. The van der Waals surface area contributed by atoms with E-state index in [1.807, 2.05) is 6.92 Å². The van der Waals surface area contributed by atoms with Gasteiger partial charge in [-0.25, -0.2) is 9.18 Å². The molecule has 0 fully saturated rings. The molecule has 234 valence electrons. The molecule has 6 nitrogen and oxygen atoms in total. The van der Waals surface area contributed by atoms with Crippen LogP contribution in [0.1, 0.15) is 82.6 Å². The summed E-state index contributed by atoms with van der Waals surface area (Å²) in [7, 11) is 0. The van der Waals surface area contributed by atoms with Gasteiger partial charge in [0.05, 0.1) is 17.8 Å². The van der Waals surface area contributed by atoms with Gasteiger partial charge in [-0.05, 0) is 118 Å². The Labute approximate surface area is 253 Å². The molecule has 0 saturated carbocycles. The summed E-state index contributed by atoms with van der Waals surface area (Å²) >= 11 is 0. The third-order valence-corrected chi connectivity index (χ3v) is 8.23. The van der Waals surface area contributed by atoms with Gasteiger partial charge in [0.25, 0.3) is 5.91 Å². The zero-order valence-corrected chi connectivity index (χ0v) is 25.5. The summed E-state index contributed by atoms with van der Waals surface area (Å²) in [6.07, 6.45) is -4.49. The molecule has 44 heavy (non-hydrogen) atoms. The number of aliphatic carboxylic acids is 1. The highest BCUT2D eigenvalue weighted by atomic mass is 19.4. The number of carbonyl (C=O) groups excluding carboxylic acids is 1. The van der Waals surface area contributed by atoms with Gasteiger partial charge in [-0.2, -0.15) is 13.2 Å². The molecule has 0 radical (unpaired) electrons. The fourth-order valence-corrected chi connectivity index (χ4v) is 6.27. The number of nitrogens with zero attached hydrogens (tertiary/aromatic N) is 1. The van der Waals surface area contributed by atoms with Gasteiger partial charge in [-0.1, -0.05) is 6.07 Å². The van der Waals surface area contributed by atoms with Gasteiger partial charge in [0.1, 0.15) is 0 Å². The monoisotopic (exact) mass is 613 g/mol. The van der Waals surface area contributed by atoms with Crippen LogP contribution in [0.25, 0.3) is 11.1 Å². The molecule has 2 heterocycles. The highest BCUT2D eigenvalue weighted by molar-refractivity contribution is 6.08. The lowest BCUT2D eigenvalue weighted by atomic mass is 9.83. The van der Waals surface area contributed by atoms with E-state index in [4.69, 9.17) is 9.47 Å². The molecular weight excluding hydrogens is 578 g/mol. The largest absolute Gasteiger partial charge is 0.490 e. The molecule has 0 aromatic heterocycles. The molecule has 1 atom stereocenters. The number of ether oxygens (including phenoxy) is 2. The lowest BCUT2D eigenvalue weighted by Crippen LogP contribution is -2.30. The first-order chi connectivity index (χ1) is 20.5. The minimum atomic E-state index is -4.63. The van der Waals surface area contributed by atoms with Crippen molar-refractivity contribution in [2.24, 2.45) is 0 Å². The molecule has 0 bridgehead atoms. The molecule has 2 aliphatic rings. The average Bonchev–Trinajstić information content (AvgIpc) is 3.35. The summed E-state index contributed by atoms with van der Waals surface area (Å²) in [6, 6.07) is 6.52. The van der Waals surface area contributed by atoms with Crippen molar-refractivity contribution in [2.45, 2.75) is 78.7 Å². The molecular formula is C34H35F4NO5. The van der Waals surface area contributed by atoms with E-state index in [1.54, 1.807) is 33.8 Å². The van der Waals surface area contributed by atoms with E-state index in [0.29, 0.717) is 58.5 Å². The molecule has 0 unspecified atom stereocenters. The summed E-state index contributed by atoms with van der Waals surface area (Å²) in [5.74, 6) is -2.24. The van der Waals surface area contributed by atoms with E-state index in [0.717, 1.165) is 11.6 Å². The first kappa shape index (κ1) is 31.5. The van der Waals surface area contributed by atoms with Crippen LogP contribution >= 0.6 is 0 Å². The van der Waals surface area contributed by atoms with Crippen LogP contribution in [-0.2, 0) is 28.5 Å². The van der Waals surface area contributed by atoms with Crippen molar-refractivity contribution in [3.63, 3.8) is 0 Å². The SMILES string of the molecule is Cc1ccc(C(=O)N2CCc3c2cc(C)c([C@H](OC(C)(C)C)C(=O)O)c3-c2cc(F)c3c(c2C)CCCO3)cc1C(F)(F)F. The zero-order valence-electron chi connectivity index (χ0n) is 25.5. The number of carboxylic acids is 1. The number of amides is 1. The van der Waals surface area contributed by atoms with Crippen LogP contribution in [0.15, 0.2) is 30.3 Å². The van der Waals surface area contributed by atoms with Crippen LogP contribution < -0.4 is 9.64 Å². The quantitative estimate of drug-likeness (QED) is 0.296. The van der Waals surface area contributed by atoms with Gasteiger partial charge in [-0.3, -0.25) is 4.79 Å². The Morgan fingerprint density at radius 1 is 1.00 bits per heavy atom. The number of carboxylic acid groups (broad SMARTS) is 1. The summed E-state index contributed by atoms with van der Waals surface area (Å²) in [4.78, 5) is 27.9. The summed E-state index contributed by atoms with van der Waals surface area (Å²) in [5, 5.41) is 10.4. The average molecular weight is 614 g/mol. The topological polar surface area (TPSA) is 76.1 Å². The number of alkyl halides is 3. The van der Waals surface area contributed by atoms with Gasteiger partial charge in [0, 0.05) is 28.9 Å². The van der Waals surface area contributed by atoms with Gasteiger partial charge in [-0.15, -0.1) is 0 Å². The van der Waals surface area contributed by atoms with Crippen molar-refractivity contribution in [3.05, 3.63) is 80.7 Å². The van der Waals surface area contributed by atoms with Crippen molar-refractivity contribution in [3.8, 4) is 16.9 Å². The number of fused-ring (bicyclic) bond motifs is 2. The normalized spacial score (nSPS) is 15.5. The first-order valence-electron chi connectivity index (χ1n) is 14.5. The Balaban J connectivity index is 1.75. The standard InChI is InChI=1S/C34H35F4NO5/c1-17-9-10-20(15-24(17)34(36,37)38)31(40)39-12-11-22-26(39)14-18(2)27(30(32(41)42)44-33(4,5)6)28(22)23-16-25(35)29-21(19(23)3)8-7-13-43-29/h9-10,14-16,30H,7-8,11-13H2,1-6H3,(H,41,42)/t30-/m0/s1. The molecule has 0 spiro atoms. The predicted molar refractivity (Wildman–Crippen MR) is 158 cm³/mol. The number of benzene rings is 3. The number of hydrogen-bond donors (Lipinski definition) is 1. The lowest BCUT2D eigenvalue weighted by Gasteiger charge is -2.30. The number of hydrogen-bond acceptors (Lipinski definition) is 4. The second-order valence-corrected chi connectivity index (χ2v) is 12.5. The third kappa shape index (κ3) is 5.67. The number of rotatable bonds is 5. The van der Waals surface area contributed by atoms with E-state index in [1.165, 1.54) is 30.0 Å². The Morgan fingerprint density at radius 3 is 2.34 bits per heavy atom. The lowest BCUT2D eigenvalue weighted by molar-refractivity contribution is -0.160. The summed E-state index contributed by atoms with van der Waals surface area (Å²) in [5.41, 5.74) is 2.37. The smallest absolute Gasteiger partial charge is 0.416 e. The third-order valence-electron chi connectivity index (χ3n) is 8.23. The molecule has 1 N–H and O–H groups in total. The van der Waals surface area contributed by atoms with Crippen molar-refractivity contribution in [2.75, 3.05) is 18.1 Å². The van der Waals surface area contributed by atoms with Gasteiger partial charge in [0.15, 0.2) is 17.7 Å². The molecule has 3 aromatic rings. The molecule has 3 aromatic carbocycles. The van der Waals surface area contributed by atoms with Gasteiger partial charge in [0.2, 0.25) is 0 Å². The highest BCUT2D eigenvalue weighted by Gasteiger charge is 2.38. The molecule has 0 saturated heterocycles. The maximum atomic E-state index is 15.6. The Hall–Kier alpha value is -3.92. The molecule has 2 aliphatic heterocycles. The van der Waals surface area contributed by atoms with Crippen LogP contribution in [0.2, 0.25) is 0 Å².